The second-order valence-corrected chi connectivity index (χ2v) is 4.01. The average Bonchev–Trinajstić information content (AvgIpc) is 2.64. The van der Waals surface area contributed by atoms with Crippen LogP contribution in [0.5, 0.6) is 0 Å². The third-order valence-electron chi connectivity index (χ3n) is 2.86. The summed E-state index contributed by atoms with van der Waals surface area (Å²) in [5.74, 6) is 0.178. The normalized spacial score (nSPS) is 25.7. The van der Waals surface area contributed by atoms with Crippen molar-refractivity contribution in [2.45, 2.75) is 25.3 Å². The largest absolute Gasteiger partial charge is 0.370 e. The zero-order valence-corrected chi connectivity index (χ0v) is 9.08. The molecule has 0 aliphatic heterocycles. The lowest BCUT2D eigenvalue weighted by Crippen LogP contribution is -2.38. The topological polar surface area (TPSA) is 90.4 Å². The van der Waals surface area contributed by atoms with Crippen LogP contribution in [0.15, 0.2) is 0 Å². The third kappa shape index (κ3) is 4.59. The number of nitrogens with one attached hydrogen (secondary N) is 1. The van der Waals surface area contributed by atoms with Gasteiger partial charge in [0, 0.05) is 12.6 Å². The lowest BCUT2D eigenvalue weighted by molar-refractivity contribution is -0.122. The number of carbonyl (C=O) groups is 1. The summed E-state index contributed by atoms with van der Waals surface area (Å²) in [6, 6.07) is 0.521. The molecule has 0 heterocycles. The molecule has 1 amide bonds. The predicted molar refractivity (Wildman–Crippen MR) is 58.2 cm³/mol. The molecule has 0 spiro atoms. The molecule has 5 nitrogen and oxygen atoms in total. The quantitative estimate of drug-likeness (QED) is 0.485. The number of hydrogen-bond donors (Lipinski definition) is 3. The number of amides is 1. The first-order valence-corrected chi connectivity index (χ1v) is 5.53. The number of carbonyl (C=O) groups excluding carboxylic acids is 1. The first-order valence-electron chi connectivity index (χ1n) is 5.53. The van der Waals surface area contributed by atoms with Crippen LogP contribution < -0.4 is 16.8 Å². The molecular weight excluding hydrogens is 194 g/mol. The molecular formula is C10H21N3O2. The van der Waals surface area contributed by atoms with Crippen LogP contribution in [0.2, 0.25) is 0 Å². The first kappa shape index (κ1) is 12.4. The fourth-order valence-electron chi connectivity index (χ4n) is 2.08. The van der Waals surface area contributed by atoms with Crippen molar-refractivity contribution in [1.29, 1.82) is 0 Å². The second kappa shape index (κ2) is 6.76. The summed E-state index contributed by atoms with van der Waals surface area (Å²) in [6.07, 6.45) is 3.66. The highest BCUT2D eigenvalue weighted by Crippen LogP contribution is 2.24. The molecule has 1 aliphatic rings. The van der Waals surface area contributed by atoms with Gasteiger partial charge in [-0.3, -0.25) is 4.79 Å². The Labute approximate surface area is 90.5 Å². The molecule has 1 rings (SSSR count). The van der Waals surface area contributed by atoms with Gasteiger partial charge in [-0.2, -0.15) is 0 Å². The van der Waals surface area contributed by atoms with Crippen LogP contribution in [0.4, 0.5) is 0 Å². The van der Waals surface area contributed by atoms with Gasteiger partial charge in [0.15, 0.2) is 0 Å². The summed E-state index contributed by atoms with van der Waals surface area (Å²) < 4.78 is 5.06. The van der Waals surface area contributed by atoms with Crippen molar-refractivity contribution in [3.05, 3.63) is 0 Å². The van der Waals surface area contributed by atoms with E-state index in [0.29, 0.717) is 18.6 Å². The number of primary amides is 1. The molecule has 0 aromatic rings. The van der Waals surface area contributed by atoms with E-state index >= 15 is 0 Å². The minimum atomic E-state index is -0.421. The van der Waals surface area contributed by atoms with Gasteiger partial charge < -0.3 is 21.5 Å². The Bertz CT molecular complexity index is 199. The summed E-state index contributed by atoms with van der Waals surface area (Å²) in [5.41, 5.74) is 10.6. The van der Waals surface area contributed by atoms with Crippen LogP contribution in [0.3, 0.4) is 0 Å². The average molecular weight is 215 g/mol. The van der Waals surface area contributed by atoms with Crippen LogP contribution in [-0.4, -0.2) is 38.3 Å². The number of hydrogen-bond acceptors (Lipinski definition) is 4. The number of ether oxygens (including phenoxy) is 1. The molecule has 2 atom stereocenters. The van der Waals surface area contributed by atoms with Crippen molar-refractivity contribution in [3.8, 4) is 0 Å². The molecule has 1 saturated carbocycles. The van der Waals surface area contributed by atoms with E-state index < -0.39 is 5.91 Å². The van der Waals surface area contributed by atoms with E-state index in [1.807, 2.05) is 0 Å². The summed E-state index contributed by atoms with van der Waals surface area (Å²) in [5, 5.41) is 3.40. The van der Waals surface area contributed by atoms with Gasteiger partial charge in [-0.1, -0.05) is 6.42 Å². The van der Waals surface area contributed by atoms with E-state index in [9.17, 15) is 4.79 Å². The van der Waals surface area contributed by atoms with Crippen LogP contribution >= 0.6 is 0 Å². The van der Waals surface area contributed by atoms with Crippen molar-refractivity contribution in [3.63, 3.8) is 0 Å². The monoisotopic (exact) mass is 215 g/mol. The SMILES string of the molecule is NCC1CCCC1NCCOCC(N)=O. The molecule has 0 saturated heterocycles. The van der Waals surface area contributed by atoms with Gasteiger partial charge in [0.1, 0.15) is 6.61 Å². The van der Waals surface area contributed by atoms with Crippen molar-refractivity contribution in [2.24, 2.45) is 17.4 Å². The zero-order chi connectivity index (χ0) is 11.1. The molecule has 1 fully saturated rings. The Balaban J connectivity index is 2.02. The Morgan fingerprint density at radius 1 is 1.47 bits per heavy atom. The summed E-state index contributed by atoms with van der Waals surface area (Å²) >= 11 is 0. The Morgan fingerprint density at radius 2 is 2.27 bits per heavy atom. The molecule has 0 aromatic heterocycles. The van der Waals surface area contributed by atoms with Crippen LogP contribution in [0.1, 0.15) is 19.3 Å². The molecule has 0 bridgehead atoms. The maximum atomic E-state index is 10.4. The van der Waals surface area contributed by atoms with Gasteiger partial charge >= 0.3 is 0 Å². The molecule has 5 N–H and O–H groups in total. The fraction of sp³-hybridized carbons (Fsp3) is 0.900. The lowest BCUT2D eigenvalue weighted by Gasteiger charge is -2.19. The third-order valence-corrected chi connectivity index (χ3v) is 2.86. The zero-order valence-electron chi connectivity index (χ0n) is 9.08. The molecule has 0 radical (unpaired) electrons. The molecule has 2 unspecified atom stereocenters. The van der Waals surface area contributed by atoms with Crippen molar-refractivity contribution >= 4 is 5.91 Å². The van der Waals surface area contributed by atoms with Gasteiger partial charge in [0.05, 0.1) is 6.61 Å². The highest BCUT2D eigenvalue weighted by Gasteiger charge is 2.24. The summed E-state index contributed by atoms with van der Waals surface area (Å²) in [4.78, 5) is 10.4. The van der Waals surface area contributed by atoms with Crippen molar-refractivity contribution in [2.75, 3.05) is 26.3 Å². The van der Waals surface area contributed by atoms with Crippen molar-refractivity contribution < 1.29 is 9.53 Å². The van der Waals surface area contributed by atoms with E-state index in [1.54, 1.807) is 0 Å². The van der Waals surface area contributed by atoms with Gasteiger partial charge in [0.25, 0.3) is 0 Å². The number of rotatable bonds is 7. The molecule has 0 aromatic carbocycles. The molecule has 1 aliphatic carbocycles. The van der Waals surface area contributed by atoms with Gasteiger partial charge in [-0.05, 0) is 25.3 Å². The Morgan fingerprint density at radius 3 is 2.93 bits per heavy atom. The van der Waals surface area contributed by atoms with Gasteiger partial charge in [-0.15, -0.1) is 0 Å². The highest BCUT2D eigenvalue weighted by molar-refractivity contribution is 5.74. The number of nitrogens with two attached hydrogens (primary N) is 2. The van der Waals surface area contributed by atoms with E-state index in [4.69, 9.17) is 16.2 Å². The van der Waals surface area contributed by atoms with E-state index in [1.165, 1.54) is 19.3 Å². The molecule has 15 heavy (non-hydrogen) atoms. The summed E-state index contributed by atoms with van der Waals surface area (Å²) in [6.45, 7) is 2.04. The minimum absolute atomic E-state index is 0.00661. The Kier molecular flexibility index (Phi) is 5.60. The Hall–Kier alpha value is -0.650. The standard InChI is InChI=1S/C10H21N3O2/c11-6-8-2-1-3-9(8)13-4-5-15-7-10(12)14/h8-9,13H,1-7,11H2,(H2,12,14). The van der Waals surface area contributed by atoms with E-state index in [0.717, 1.165) is 13.1 Å². The van der Waals surface area contributed by atoms with Crippen LogP contribution in [0.25, 0.3) is 0 Å². The maximum Gasteiger partial charge on any atom is 0.243 e. The smallest absolute Gasteiger partial charge is 0.243 e. The molecule has 88 valence electrons. The maximum absolute atomic E-state index is 10.4. The van der Waals surface area contributed by atoms with Crippen LogP contribution in [0, 0.1) is 5.92 Å². The van der Waals surface area contributed by atoms with Gasteiger partial charge in [0.2, 0.25) is 5.91 Å². The van der Waals surface area contributed by atoms with E-state index in [2.05, 4.69) is 5.32 Å². The molecule has 5 heteroatoms. The predicted octanol–water partition coefficient (Wildman–Crippen LogP) is -0.795. The summed E-state index contributed by atoms with van der Waals surface area (Å²) in [7, 11) is 0. The second-order valence-electron chi connectivity index (χ2n) is 4.01. The highest BCUT2D eigenvalue weighted by atomic mass is 16.5. The van der Waals surface area contributed by atoms with Crippen molar-refractivity contribution in [1.82, 2.24) is 5.32 Å². The van der Waals surface area contributed by atoms with Crippen LogP contribution in [-0.2, 0) is 9.53 Å². The first-order chi connectivity index (χ1) is 7.24. The lowest BCUT2D eigenvalue weighted by atomic mass is 10.0. The van der Waals surface area contributed by atoms with Gasteiger partial charge in [-0.25, -0.2) is 0 Å². The minimum Gasteiger partial charge on any atom is -0.370 e. The fourth-order valence-corrected chi connectivity index (χ4v) is 2.08. The van der Waals surface area contributed by atoms with E-state index in [-0.39, 0.29) is 6.61 Å².